The van der Waals surface area contributed by atoms with E-state index in [1.165, 1.54) is 12.8 Å². The van der Waals surface area contributed by atoms with Gasteiger partial charge in [-0.15, -0.1) is 0 Å². The van der Waals surface area contributed by atoms with Crippen molar-refractivity contribution >= 4 is 22.8 Å². The van der Waals surface area contributed by atoms with Crippen LogP contribution >= 0.6 is 0 Å². The summed E-state index contributed by atoms with van der Waals surface area (Å²) in [5.74, 6) is 0.461. The number of rotatable bonds is 6. The molecule has 1 saturated carbocycles. The van der Waals surface area contributed by atoms with Gasteiger partial charge >= 0.3 is 0 Å². The molecule has 1 aliphatic carbocycles. The molecule has 1 amide bonds. The minimum absolute atomic E-state index is 0.0725. The van der Waals surface area contributed by atoms with Crippen LogP contribution in [0.5, 0.6) is 0 Å². The lowest BCUT2D eigenvalue weighted by Gasteiger charge is -2.17. The van der Waals surface area contributed by atoms with E-state index in [4.69, 9.17) is 4.98 Å². The Bertz CT molecular complexity index is 842. The predicted octanol–water partition coefficient (Wildman–Crippen LogP) is 2.75. The SMILES string of the molecule is CC/C=C(/NCC(=O)N1CCC(F)C1)c1c[nH]c2ncc(C3CC3)nc12. The van der Waals surface area contributed by atoms with E-state index in [2.05, 4.69) is 15.3 Å². The molecule has 3 heterocycles. The van der Waals surface area contributed by atoms with E-state index >= 15 is 0 Å². The number of halogens is 1. The molecule has 2 N–H and O–H groups in total. The Hall–Kier alpha value is -2.44. The van der Waals surface area contributed by atoms with E-state index in [0.717, 1.165) is 34.5 Å². The van der Waals surface area contributed by atoms with Gasteiger partial charge in [0.25, 0.3) is 0 Å². The number of carbonyl (C=O) groups is 1. The number of nitrogens with one attached hydrogen (secondary N) is 2. The van der Waals surface area contributed by atoms with Gasteiger partial charge < -0.3 is 15.2 Å². The zero-order chi connectivity index (χ0) is 18.1. The van der Waals surface area contributed by atoms with Gasteiger partial charge in [-0.1, -0.05) is 13.0 Å². The highest BCUT2D eigenvalue weighted by Crippen LogP contribution is 2.39. The number of fused-ring (bicyclic) bond motifs is 1. The molecule has 0 bridgehead atoms. The van der Waals surface area contributed by atoms with E-state index in [0.29, 0.717) is 18.9 Å². The van der Waals surface area contributed by atoms with Crippen LogP contribution in [-0.4, -0.2) is 51.6 Å². The molecular weight excluding hydrogens is 333 g/mol. The first-order chi connectivity index (χ1) is 12.7. The fraction of sp³-hybridized carbons (Fsp3) is 0.526. The van der Waals surface area contributed by atoms with E-state index in [9.17, 15) is 9.18 Å². The number of hydrogen-bond donors (Lipinski definition) is 2. The Morgan fingerprint density at radius 3 is 3.00 bits per heavy atom. The molecule has 1 unspecified atom stereocenters. The second-order valence-corrected chi connectivity index (χ2v) is 7.07. The smallest absolute Gasteiger partial charge is 0.241 e. The monoisotopic (exact) mass is 357 g/mol. The molecule has 2 aliphatic rings. The molecule has 4 rings (SSSR count). The number of amides is 1. The van der Waals surface area contributed by atoms with Gasteiger partial charge in [-0.25, -0.2) is 14.4 Å². The molecular formula is C19H24FN5O. The van der Waals surface area contributed by atoms with Gasteiger partial charge in [0.05, 0.1) is 25.0 Å². The zero-order valence-corrected chi connectivity index (χ0v) is 15.0. The Labute approximate surface area is 151 Å². The standard InChI is InChI=1S/C19H24FN5O/c1-2-3-15(21-10-17(26)25-7-6-13(20)11-25)14-8-22-19-18(14)24-16(9-23-19)12-4-5-12/h3,8-9,12-13,21H,2,4-7,10-11H2,1H3,(H,22,23)/b15-3+. The summed E-state index contributed by atoms with van der Waals surface area (Å²) in [5, 5.41) is 3.23. The van der Waals surface area contributed by atoms with Crippen LogP contribution in [0.4, 0.5) is 4.39 Å². The molecule has 1 saturated heterocycles. The van der Waals surface area contributed by atoms with Gasteiger partial charge in [-0.05, 0) is 25.7 Å². The maximum absolute atomic E-state index is 13.3. The predicted molar refractivity (Wildman–Crippen MR) is 98.2 cm³/mol. The summed E-state index contributed by atoms with van der Waals surface area (Å²) in [6.07, 6.45) is 8.50. The maximum atomic E-state index is 13.3. The zero-order valence-electron chi connectivity index (χ0n) is 15.0. The molecule has 0 aromatic carbocycles. The summed E-state index contributed by atoms with van der Waals surface area (Å²) in [4.78, 5) is 26.3. The Morgan fingerprint density at radius 1 is 1.46 bits per heavy atom. The van der Waals surface area contributed by atoms with Crippen molar-refractivity contribution in [2.75, 3.05) is 19.6 Å². The number of aromatic nitrogens is 3. The summed E-state index contributed by atoms with van der Waals surface area (Å²) in [6.45, 7) is 2.91. The third-order valence-electron chi connectivity index (χ3n) is 5.01. The van der Waals surface area contributed by atoms with E-state index in [-0.39, 0.29) is 19.0 Å². The molecule has 2 aromatic rings. The number of carbonyl (C=O) groups excluding carboxylic acids is 1. The number of hydrogen-bond acceptors (Lipinski definition) is 4. The van der Waals surface area contributed by atoms with Gasteiger partial charge in [0.2, 0.25) is 5.91 Å². The lowest BCUT2D eigenvalue weighted by molar-refractivity contribution is -0.129. The van der Waals surface area contributed by atoms with Crippen molar-refractivity contribution in [1.82, 2.24) is 25.2 Å². The highest BCUT2D eigenvalue weighted by molar-refractivity contribution is 5.88. The number of likely N-dealkylation sites (tertiary alicyclic amines) is 1. The fourth-order valence-corrected chi connectivity index (χ4v) is 3.39. The average molecular weight is 357 g/mol. The summed E-state index contributed by atoms with van der Waals surface area (Å²) < 4.78 is 13.3. The first-order valence-electron chi connectivity index (χ1n) is 9.36. The lowest BCUT2D eigenvalue weighted by atomic mass is 10.2. The molecule has 138 valence electrons. The largest absolute Gasteiger partial charge is 0.376 e. The van der Waals surface area contributed by atoms with Gasteiger partial charge in [0, 0.05) is 29.9 Å². The van der Waals surface area contributed by atoms with E-state index in [1.54, 1.807) is 4.90 Å². The van der Waals surface area contributed by atoms with Crippen LogP contribution in [0.1, 0.15) is 49.8 Å². The average Bonchev–Trinajstić information content (AvgIpc) is 3.27. The van der Waals surface area contributed by atoms with Gasteiger partial charge in [-0.3, -0.25) is 4.79 Å². The van der Waals surface area contributed by atoms with Crippen LogP contribution in [0, 0.1) is 0 Å². The Morgan fingerprint density at radius 2 is 2.31 bits per heavy atom. The number of aromatic amines is 1. The van der Waals surface area contributed by atoms with Crippen molar-refractivity contribution in [3.8, 4) is 0 Å². The molecule has 1 atom stereocenters. The highest BCUT2D eigenvalue weighted by atomic mass is 19.1. The van der Waals surface area contributed by atoms with Crippen LogP contribution in [0.15, 0.2) is 18.5 Å². The number of alkyl halides is 1. The van der Waals surface area contributed by atoms with Crippen LogP contribution < -0.4 is 5.32 Å². The Kier molecular flexibility index (Phi) is 4.61. The molecule has 1 aliphatic heterocycles. The summed E-state index contributed by atoms with van der Waals surface area (Å²) in [5.41, 5.74) is 4.41. The number of allylic oxidation sites excluding steroid dienone is 1. The van der Waals surface area contributed by atoms with Crippen molar-refractivity contribution in [2.24, 2.45) is 0 Å². The van der Waals surface area contributed by atoms with Crippen molar-refractivity contribution in [1.29, 1.82) is 0 Å². The molecule has 6 nitrogen and oxygen atoms in total. The third kappa shape index (κ3) is 3.43. The molecule has 2 aromatic heterocycles. The second-order valence-electron chi connectivity index (χ2n) is 7.07. The molecule has 26 heavy (non-hydrogen) atoms. The lowest BCUT2D eigenvalue weighted by Crippen LogP contribution is -2.36. The highest BCUT2D eigenvalue weighted by Gasteiger charge is 2.27. The maximum Gasteiger partial charge on any atom is 0.241 e. The van der Waals surface area contributed by atoms with E-state index < -0.39 is 6.17 Å². The molecule has 0 radical (unpaired) electrons. The minimum Gasteiger partial charge on any atom is -0.376 e. The summed E-state index contributed by atoms with van der Waals surface area (Å²) >= 11 is 0. The fourth-order valence-electron chi connectivity index (χ4n) is 3.39. The van der Waals surface area contributed by atoms with Gasteiger partial charge in [0.15, 0.2) is 5.65 Å². The topological polar surface area (TPSA) is 73.9 Å². The minimum atomic E-state index is -0.894. The van der Waals surface area contributed by atoms with Crippen molar-refractivity contribution in [3.63, 3.8) is 0 Å². The third-order valence-corrected chi connectivity index (χ3v) is 5.01. The van der Waals surface area contributed by atoms with Crippen LogP contribution in [0.25, 0.3) is 16.9 Å². The Balaban J connectivity index is 1.53. The normalized spacial score (nSPS) is 20.8. The summed E-state index contributed by atoms with van der Waals surface area (Å²) in [6, 6.07) is 0. The molecule has 7 heteroatoms. The van der Waals surface area contributed by atoms with E-state index in [1.807, 2.05) is 25.4 Å². The van der Waals surface area contributed by atoms with Crippen molar-refractivity contribution in [2.45, 2.75) is 44.7 Å². The molecule has 2 fully saturated rings. The van der Waals surface area contributed by atoms with Crippen LogP contribution in [0.2, 0.25) is 0 Å². The number of nitrogens with zero attached hydrogens (tertiary/aromatic N) is 3. The van der Waals surface area contributed by atoms with Crippen molar-refractivity contribution in [3.05, 3.63) is 29.7 Å². The van der Waals surface area contributed by atoms with Crippen molar-refractivity contribution < 1.29 is 9.18 Å². The van der Waals surface area contributed by atoms with Crippen LogP contribution in [-0.2, 0) is 4.79 Å². The number of H-pyrrole nitrogens is 1. The first kappa shape index (κ1) is 17.0. The molecule has 0 spiro atoms. The van der Waals surface area contributed by atoms with Crippen LogP contribution in [0.3, 0.4) is 0 Å². The quantitative estimate of drug-likeness (QED) is 0.834. The van der Waals surface area contributed by atoms with Gasteiger partial charge in [-0.2, -0.15) is 0 Å². The first-order valence-corrected chi connectivity index (χ1v) is 9.36. The second kappa shape index (κ2) is 7.05. The van der Waals surface area contributed by atoms with Gasteiger partial charge in [0.1, 0.15) is 11.7 Å². The summed E-state index contributed by atoms with van der Waals surface area (Å²) in [7, 11) is 0.